The van der Waals surface area contributed by atoms with Crippen molar-refractivity contribution in [3.63, 3.8) is 0 Å². The third-order valence-corrected chi connectivity index (χ3v) is 2.76. The molecule has 3 heteroatoms. The molecule has 1 aliphatic heterocycles. The molecule has 78 valence electrons. The first-order chi connectivity index (χ1) is 6.36. The Balaban J connectivity index is 2.24. The van der Waals surface area contributed by atoms with Crippen molar-refractivity contribution in [1.82, 2.24) is 10.6 Å². The van der Waals surface area contributed by atoms with Gasteiger partial charge in [0.25, 0.3) is 0 Å². The molecular formula is C10H22N2O. The summed E-state index contributed by atoms with van der Waals surface area (Å²) in [5, 5.41) is 15.9. The maximum atomic E-state index is 9.05. The first-order valence-corrected chi connectivity index (χ1v) is 5.44. The average Bonchev–Trinajstić information content (AvgIpc) is 2.42. The molecule has 0 aromatic heterocycles. The summed E-state index contributed by atoms with van der Waals surface area (Å²) in [5.41, 5.74) is 0. The Bertz CT molecular complexity index is 118. The summed E-state index contributed by atoms with van der Waals surface area (Å²) >= 11 is 0. The summed E-state index contributed by atoms with van der Waals surface area (Å²) in [5.74, 6) is 0. The number of hydrogen-bond donors (Lipinski definition) is 3. The molecule has 0 spiro atoms. The van der Waals surface area contributed by atoms with Crippen molar-refractivity contribution in [2.75, 3.05) is 19.7 Å². The maximum Gasteiger partial charge on any atom is 0.0584 e. The van der Waals surface area contributed by atoms with Crippen molar-refractivity contribution in [1.29, 1.82) is 0 Å². The molecule has 13 heavy (non-hydrogen) atoms. The molecule has 0 aliphatic carbocycles. The molecule has 0 aromatic carbocycles. The van der Waals surface area contributed by atoms with Crippen molar-refractivity contribution in [2.45, 2.75) is 44.7 Å². The van der Waals surface area contributed by atoms with Crippen LogP contribution < -0.4 is 10.6 Å². The Morgan fingerprint density at radius 1 is 1.46 bits per heavy atom. The van der Waals surface area contributed by atoms with E-state index < -0.39 is 0 Å². The Hall–Kier alpha value is -0.120. The minimum absolute atomic E-state index is 0.264. The molecule has 1 saturated heterocycles. The van der Waals surface area contributed by atoms with Crippen LogP contribution in [-0.4, -0.2) is 36.9 Å². The van der Waals surface area contributed by atoms with Gasteiger partial charge in [-0.25, -0.2) is 0 Å². The van der Waals surface area contributed by atoms with Gasteiger partial charge < -0.3 is 15.7 Å². The van der Waals surface area contributed by atoms with E-state index in [1.807, 2.05) is 0 Å². The molecule has 0 saturated carbocycles. The third-order valence-electron chi connectivity index (χ3n) is 2.76. The van der Waals surface area contributed by atoms with Gasteiger partial charge in [-0.15, -0.1) is 0 Å². The van der Waals surface area contributed by atoms with Crippen molar-refractivity contribution in [2.24, 2.45) is 0 Å². The van der Waals surface area contributed by atoms with E-state index in [-0.39, 0.29) is 6.61 Å². The Kier molecular flexibility index (Phi) is 5.35. The zero-order valence-electron chi connectivity index (χ0n) is 8.55. The maximum absolute atomic E-state index is 9.05. The van der Waals surface area contributed by atoms with Gasteiger partial charge in [-0.3, -0.25) is 0 Å². The second-order valence-electron chi connectivity index (χ2n) is 3.83. The van der Waals surface area contributed by atoms with Crippen LogP contribution in [0, 0.1) is 0 Å². The van der Waals surface area contributed by atoms with Gasteiger partial charge >= 0.3 is 0 Å². The summed E-state index contributed by atoms with van der Waals surface area (Å²) in [6.45, 7) is 4.64. The van der Waals surface area contributed by atoms with Crippen LogP contribution in [-0.2, 0) is 0 Å². The van der Waals surface area contributed by atoms with Gasteiger partial charge in [0.2, 0.25) is 0 Å². The fourth-order valence-electron chi connectivity index (χ4n) is 1.82. The van der Waals surface area contributed by atoms with E-state index in [9.17, 15) is 0 Å². The molecule has 3 nitrogen and oxygen atoms in total. The highest BCUT2D eigenvalue weighted by molar-refractivity contribution is 4.76. The normalized spacial score (nSPS) is 26.8. The van der Waals surface area contributed by atoms with E-state index in [1.165, 1.54) is 19.3 Å². The van der Waals surface area contributed by atoms with Gasteiger partial charge in [-0.2, -0.15) is 0 Å². The third kappa shape index (κ3) is 4.07. The van der Waals surface area contributed by atoms with Gasteiger partial charge in [0.05, 0.1) is 6.61 Å². The highest BCUT2D eigenvalue weighted by atomic mass is 16.3. The predicted molar refractivity (Wildman–Crippen MR) is 54.8 cm³/mol. The zero-order valence-corrected chi connectivity index (χ0v) is 8.55. The fourth-order valence-corrected chi connectivity index (χ4v) is 1.82. The Morgan fingerprint density at radius 2 is 2.31 bits per heavy atom. The predicted octanol–water partition coefficient (Wildman–Crippen LogP) is 0.489. The lowest BCUT2D eigenvalue weighted by Gasteiger charge is -2.22. The van der Waals surface area contributed by atoms with Crippen molar-refractivity contribution < 1.29 is 5.11 Å². The van der Waals surface area contributed by atoms with E-state index in [2.05, 4.69) is 17.6 Å². The van der Waals surface area contributed by atoms with Crippen LogP contribution in [0.2, 0.25) is 0 Å². The Morgan fingerprint density at radius 3 is 3.00 bits per heavy atom. The van der Waals surface area contributed by atoms with Crippen LogP contribution in [0.15, 0.2) is 0 Å². The van der Waals surface area contributed by atoms with Gasteiger partial charge in [0.15, 0.2) is 0 Å². The van der Waals surface area contributed by atoms with Gasteiger partial charge in [-0.05, 0) is 38.8 Å². The molecule has 0 radical (unpaired) electrons. The SMILES string of the molecule is CC[C@@H](CO)NC1CCCNCC1. The van der Waals surface area contributed by atoms with Crippen LogP contribution in [0.1, 0.15) is 32.6 Å². The summed E-state index contributed by atoms with van der Waals surface area (Å²) in [6.07, 6.45) is 4.69. The Labute approximate surface area is 80.9 Å². The molecule has 1 aliphatic rings. The molecular weight excluding hydrogens is 164 g/mol. The smallest absolute Gasteiger partial charge is 0.0584 e. The number of aliphatic hydroxyl groups excluding tert-OH is 1. The van der Waals surface area contributed by atoms with Crippen LogP contribution in [0.25, 0.3) is 0 Å². The molecule has 1 heterocycles. The highest BCUT2D eigenvalue weighted by Crippen LogP contribution is 2.06. The lowest BCUT2D eigenvalue weighted by Crippen LogP contribution is -2.40. The van der Waals surface area contributed by atoms with Crippen molar-refractivity contribution in [3.05, 3.63) is 0 Å². The summed E-state index contributed by atoms with van der Waals surface area (Å²) in [6, 6.07) is 0.898. The second-order valence-corrected chi connectivity index (χ2v) is 3.83. The largest absolute Gasteiger partial charge is 0.395 e. The molecule has 1 rings (SSSR count). The molecule has 0 amide bonds. The molecule has 1 fully saturated rings. The van der Waals surface area contributed by atoms with E-state index in [0.717, 1.165) is 19.5 Å². The first-order valence-electron chi connectivity index (χ1n) is 5.44. The van der Waals surface area contributed by atoms with E-state index in [0.29, 0.717) is 12.1 Å². The van der Waals surface area contributed by atoms with Crippen LogP contribution in [0.5, 0.6) is 0 Å². The van der Waals surface area contributed by atoms with Gasteiger partial charge in [-0.1, -0.05) is 6.92 Å². The minimum Gasteiger partial charge on any atom is -0.395 e. The standard InChI is InChI=1S/C10H22N2O/c1-2-9(8-13)12-10-4-3-6-11-7-5-10/h9-13H,2-8H2,1H3/t9-,10?/m0/s1. The summed E-state index contributed by atoms with van der Waals surface area (Å²) in [4.78, 5) is 0. The van der Waals surface area contributed by atoms with E-state index in [1.54, 1.807) is 0 Å². The van der Waals surface area contributed by atoms with Crippen LogP contribution in [0.4, 0.5) is 0 Å². The van der Waals surface area contributed by atoms with Crippen LogP contribution >= 0.6 is 0 Å². The molecule has 0 bridgehead atoms. The molecule has 2 atom stereocenters. The number of aliphatic hydroxyl groups is 1. The quantitative estimate of drug-likeness (QED) is 0.598. The topological polar surface area (TPSA) is 44.3 Å². The summed E-state index contributed by atoms with van der Waals surface area (Å²) < 4.78 is 0. The average molecular weight is 186 g/mol. The fraction of sp³-hybridized carbons (Fsp3) is 1.00. The van der Waals surface area contributed by atoms with E-state index in [4.69, 9.17) is 5.11 Å². The highest BCUT2D eigenvalue weighted by Gasteiger charge is 2.14. The number of hydrogen-bond acceptors (Lipinski definition) is 3. The zero-order chi connectivity index (χ0) is 9.52. The lowest BCUT2D eigenvalue weighted by atomic mass is 10.1. The van der Waals surface area contributed by atoms with Gasteiger partial charge in [0.1, 0.15) is 0 Å². The number of rotatable bonds is 4. The molecule has 0 aromatic rings. The first kappa shape index (κ1) is 11.0. The van der Waals surface area contributed by atoms with Crippen LogP contribution in [0.3, 0.4) is 0 Å². The monoisotopic (exact) mass is 186 g/mol. The minimum atomic E-state index is 0.264. The lowest BCUT2D eigenvalue weighted by molar-refractivity contribution is 0.224. The number of nitrogens with one attached hydrogen (secondary N) is 2. The molecule has 3 N–H and O–H groups in total. The van der Waals surface area contributed by atoms with E-state index >= 15 is 0 Å². The van der Waals surface area contributed by atoms with Gasteiger partial charge in [0, 0.05) is 12.1 Å². The van der Waals surface area contributed by atoms with Crippen molar-refractivity contribution >= 4 is 0 Å². The van der Waals surface area contributed by atoms with Crippen molar-refractivity contribution in [3.8, 4) is 0 Å². The summed E-state index contributed by atoms with van der Waals surface area (Å²) in [7, 11) is 0. The second kappa shape index (κ2) is 6.35. The molecule has 1 unspecified atom stereocenters.